The van der Waals surface area contributed by atoms with Crippen molar-refractivity contribution in [3.8, 4) is 0 Å². The lowest BCUT2D eigenvalue weighted by molar-refractivity contribution is 0.827. The molecule has 24 heavy (non-hydrogen) atoms. The molecule has 0 atom stereocenters. The average Bonchev–Trinajstić information content (AvgIpc) is 2.95. The van der Waals surface area contributed by atoms with Crippen molar-refractivity contribution in [2.24, 2.45) is 0 Å². The van der Waals surface area contributed by atoms with Gasteiger partial charge < -0.3 is 10.6 Å². The maximum Gasteiger partial charge on any atom is 0.134 e. The maximum absolute atomic E-state index is 6.53. The van der Waals surface area contributed by atoms with Gasteiger partial charge in [-0.05, 0) is 37.0 Å². The van der Waals surface area contributed by atoms with Crippen molar-refractivity contribution < 1.29 is 0 Å². The van der Waals surface area contributed by atoms with Crippen molar-refractivity contribution in [3.05, 3.63) is 64.7 Å². The molecule has 4 heteroatoms. The lowest BCUT2D eigenvalue weighted by atomic mass is 10.0. The van der Waals surface area contributed by atoms with Gasteiger partial charge in [-0.2, -0.15) is 0 Å². The number of aromatic nitrogens is 1. The van der Waals surface area contributed by atoms with Crippen molar-refractivity contribution >= 4 is 34.8 Å². The van der Waals surface area contributed by atoms with E-state index in [1.807, 2.05) is 0 Å². The van der Waals surface area contributed by atoms with Crippen molar-refractivity contribution in [2.75, 3.05) is 17.2 Å². The van der Waals surface area contributed by atoms with Gasteiger partial charge in [0.15, 0.2) is 0 Å². The minimum Gasteiger partial charge on any atom is -0.398 e. The van der Waals surface area contributed by atoms with Crippen LogP contribution in [0.15, 0.2) is 42.5 Å². The number of fused-ring (bicyclic) bond motifs is 2. The molecule has 0 aliphatic carbocycles. The Labute approximate surface area is 148 Å². The summed E-state index contributed by atoms with van der Waals surface area (Å²) in [7, 11) is 0. The normalized spacial score (nSPS) is 13.0. The lowest BCUT2D eigenvalue weighted by Crippen LogP contribution is -2.20. The van der Waals surface area contributed by atoms with Gasteiger partial charge in [0.2, 0.25) is 0 Å². The van der Waals surface area contributed by atoms with Crippen LogP contribution in [0.3, 0.4) is 0 Å². The van der Waals surface area contributed by atoms with Gasteiger partial charge in [-0.15, -0.1) is 12.4 Å². The van der Waals surface area contributed by atoms with Crippen LogP contribution in [0.25, 0.3) is 10.9 Å². The van der Waals surface area contributed by atoms with E-state index in [1.165, 1.54) is 22.3 Å². The highest BCUT2D eigenvalue weighted by Gasteiger charge is 2.25. The first-order valence-corrected chi connectivity index (χ1v) is 8.12. The van der Waals surface area contributed by atoms with E-state index >= 15 is 0 Å². The van der Waals surface area contributed by atoms with Crippen LogP contribution in [-0.2, 0) is 13.0 Å². The first-order chi connectivity index (χ1) is 11.1. The van der Waals surface area contributed by atoms with E-state index in [-0.39, 0.29) is 12.4 Å². The molecule has 1 aliphatic rings. The Morgan fingerprint density at radius 3 is 2.50 bits per heavy atom. The van der Waals surface area contributed by atoms with Crippen LogP contribution in [0.5, 0.6) is 0 Å². The summed E-state index contributed by atoms with van der Waals surface area (Å²) >= 11 is 0. The summed E-state index contributed by atoms with van der Waals surface area (Å²) in [6, 6.07) is 14.8. The molecule has 0 radical (unpaired) electrons. The second kappa shape index (κ2) is 6.33. The molecule has 2 N–H and O–H groups in total. The van der Waals surface area contributed by atoms with Crippen LogP contribution >= 0.6 is 12.4 Å². The second-order valence-electron chi connectivity index (χ2n) is 6.41. The Balaban J connectivity index is 0.00000169. The fourth-order valence-electron chi connectivity index (χ4n) is 3.54. The zero-order chi connectivity index (χ0) is 16.0. The molecule has 124 valence electrons. The minimum atomic E-state index is 0. The SMILES string of the molecule is Cc1ccc(C)c2c(N)c3c(nc12)N(Cc1ccccc1)CC3.Cl. The number of pyridine rings is 1. The summed E-state index contributed by atoms with van der Waals surface area (Å²) in [6.45, 7) is 6.09. The van der Waals surface area contributed by atoms with Crippen molar-refractivity contribution in [2.45, 2.75) is 26.8 Å². The number of nitrogen functional groups attached to an aromatic ring is 1. The molecular weight excluding hydrogens is 318 g/mol. The lowest BCUT2D eigenvalue weighted by Gasteiger charge is -2.20. The third kappa shape index (κ3) is 2.59. The highest BCUT2D eigenvalue weighted by Crippen LogP contribution is 2.38. The molecular formula is C20H22ClN3. The molecule has 3 aromatic rings. The van der Waals surface area contributed by atoms with E-state index in [1.54, 1.807) is 0 Å². The Bertz CT molecular complexity index is 891. The zero-order valence-corrected chi connectivity index (χ0v) is 14.9. The van der Waals surface area contributed by atoms with Gasteiger partial charge in [0.1, 0.15) is 5.82 Å². The quantitative estimate of drug-likeness (QED) is 0.751. The molecule has 3 nitrogen and oxygen atoms in total. The summed E-state index contributed by atoms with van der Waals surface area (Å²) in [5.74, 6) is 1.06. The molecule has 4 rings (SSSR count). The maximum atomic E-state index is 6.53. The number of hydrogen-bond donors (Lipinski definition) is 1. The summed E-state index contributed by atoms with van der Waals surface area (Å²) in [5, 5.41) is 1.13. The van der Waals surface area contributed by atoms with Crippen molar-refractivity contribution in [3.63, 3.8) is 0 Å². The molecule has 2 heterocycles. The number of hydrogen-bond acceptors (Lipinski definition) is 3. The van der Waals surface area contributed by atoms with Crippen LogP contribution in [0, 0.1) is 13.8 Å². The number of anilines is 2. The van der Waals surface area contributed by atoms with E-state index in [0.29, 0.717) is 0 Å². The molecule has 0 spiro atoms. The fourth-order valence-corrected chi connectivity index (χ4v) is 3.54. The van der Waals surface area contributed by atoms with Crippen LogP contribution < -0.4 is 10.6 Å². The molecule has 0 saturated heterocycles. The number of aryl methyl sites for hydroxylation is 2. The monoisotopic (exact) mass is 339 g/mol. The molecule has 0 bridgehead atoms. The largest absolute Gasteiger partial charge is 0.398 e. The Morgan fingerprint density at radius 2 is 1.75 bits per heavy atom. The Hall–Kier alpha value is -2.26. The van der Waals surface area contributed by atoms with E-state index < -0.39 is 0 Å². The third-order valence-corrected chi connectivity index (χ3v) is 4.82. The van der Waals surface area contributed by atoms with Crippen LogP contribution in [0.2, 0.25) is 0 Å². The zero-order valence-electron chi connectivity index (χ0n) is 14.0. The summed E-state index contributed by atoms with van der Waals surface area (Å²) in [5.41, 5.74) is 13.4. The Kier molecular flexibility index (Phi) is 4.37. The van der Waals surface area contributed by atoms with Gasteiger partial charge in [-0.25, -0.2) is 4.98 Å². The van der Waals surface area contributed by atoms with Gasteiger partial charge in [0.25, 0.3) is 0 Å². The molecule has 2 aromatic carbocycles. The predicted molar refractivity (Wildman–Crippen MR) is 104 cm³/mol. The van der Waals surface area contributed by atoms with Gasteiger partial charge in [-0.1, -0.05) is 42.5 Å². The molecule has 0 fully saturated rings. The van der Waals surface area contributed by atoms with Gasteiger partial charge in [0, 0.05) is 29.7 Å². The summed E-state index contributed by atoms with van der Waals surface area (Å²) in [4.78, 5) is 7.35. The van der Waals surface area contributed by atoms with Crippen molar-refractivity contribution in [1.82, 2.24) is 4.98 Å². The third-order valence-electron chi connectivity index (χ3n) is 4.82. The average molecular weight is 340 g/mol. The molecule has 0 amide bonds. The topological polar surface area (TPSA) is 42.1 Å². The van der Waals surface area contributed by atoms with E-state index in [0.717, 1.165) is 41.9 Å². The first kappa shape index (κ1) is 16.6. The molecule has 0 saturated carbocycles. The van der Waals surface area contributed by atoms with Crippen LogP contribution in [-0.4, -0.2) is 11.5 Å². The van der Waals surface area contributed by atoms with Gasteiger partial charge in [0.05, 0.1) is 5.52 Å². The highest BCUT2D eigenvalue weighted by molar-refractivity contribution is 5.98. The smallest absolute Gasteiger partial charge is 0.134 e. The second-order valence-corrected chi connectivity index (χ2v) is 6.41. The van der Waals surface area contributed by atoms with Crippen molar-refractivity contribution in [1.29, 1.82) is 0 Å². The number of rotatable bonds is 2. The number of benzene rings is 2. The molecule has 1 aliphatic heterocycles. The number of halogens is 1. The van der Waals surface area contributed by atoms with Crippen LogP contribution in [0.4, 0.5) is 11.5 Å². The number of nitrogens with two attached hydrogens (primary N) is 1. The van der Waals surface area contributed by atoms with Gasteiger partial charge >= 0.3 is 0 Å². The Morgan fingerprint density at radius 1 is 1.04 bits per heavy atom. The summed E-state index contributed by atoms with van der Waals surface area (Å²) in [6.07, 6.45) is 0.977. The van der Waals surface area contributed by atoms with Gasteiger partial charge in [-0.3, -0.25) is 0 Å². The van der Waals surface area contributed by atoms with E-state index in [9.17, 15) is 0 Å². The fraction of sp³-hybridized carbons (Fsp3) is 0.250. The highest BCUT2D eigenvalue weighted by atomic mass is 35.5. The molecule has 1 aromatic heterocycles. The predicted octanol–water partition coefficient (Wildman–Crippen LogP) is 4.42. The molecule has 0 unspecified atom stereocenters. The number of nitrogens with zero attached hydrogens (tertiary/aromatic N) is 2. The first-order valence-electron chi connectivity index (χ1n) is 8.12. The van der Waals surface area contributed by atoms with Crippen LogP contribution in [0.1, 0.15) is 22.3 Å². The standard InChI is InChI=1S/C20H21N3.ClH/c1-13-8-9-14(2)19-17(13)18(21)16-10-11-23(20(16)22-19)12-15-6-4-3-5-7-15;/h3-9H,10-12H2,1-2H3,(H2,21,22);1H. The van der Waals surface area contributed by atoms with E-state index in [4.69, 9.17) is 10.7 Å². The van der Waals surface area contributed by atoms with E-state index in [2.05, 4.69) is 61.2 Å². The summed E-state index contributed by atoms with van der Waals surface area (Å²) < 4.78 is 0. The minimum absolute atomic E-state index is 0.